The van der Waals surface area contributed by atoms with Crippen LogP contribution in [0.15, 0.2) is 11.4 Å². The molecule has 0 aromatic carbocycles. The van der Waals surface area contributed by atoms with Gasteiger partial charge in [-0.2, -0.15) is 5.26 Å². The number of likely N-dealkylation sites (tertiary alicyclic amines) is 1. The first-order valence-corrected chi connectivity index (χ1v) is 9.71. The second-order valence-electron chi connectivity index (χ2n) is 7.08. The number of hydrogen-bond acceptors (Lipinski definition) is 5. The number of β-amino-alcohol motifs (C(OH)–C–C–N with tert-alkyl or cyclic N) is 1. The van der Waals surface area contributed by atoms with Crippen LogP contribution >= 0.6 is 11.3 Å². The highest BCUT2D eigenvalue weighted by Crippen LogP contribution is 2.29. The normalized spacial score (nSPS) is 22.0. The Balaban J connectivity index is 1.47. The number of carbonyl (C=O) groups is 1. The van der Waals surface area contributed by atoms with Crippen molar-refractivity contribution in [3.63, 3.8) is 0 Å². The highest BCUT2D eigenvalue weighted by molar-refractivity contribution is 7.12. The number of hydrogen-bond donors (Lipinski definition) is 2. The van der Waals surface area contributed by atoms with Gasteiger partial charge in [0.05, 0.1) is 11.2 Å². The smallest absolute Gasteiger partial charge is 0.262 e. The van der Waals surface area contributed by atoms with Gasteiger partial charge in [0.25, 0.3) is 5.91 Å². The van der Waals surface area contributed by atoms with Crippen molar-refractivity contribution in [1.29, 1.82) is 5.26 Å². The van der Waals surface area contributed by atoms with E-state index in [1.54, 1.807) is 11.4 Å². The van der Waals surface area contributed by atoms with E-state index in [9.17, 15) is 9.90 Å². The summed E-state index contributed by atoms with van der Waals surface area (Å²) in [6.07, 6.45) is 7.13. The summed E-state index contributed by atoms with van der Waals surface area (Å²) < 4.78 is 0. The van der Waals surface area contributed by atoms with Gasteiger partial charge in [-0.05, 0) is 37.1 Å². The largest absolute Gasteiger partial charge is 0.389 e. The fourth-order valence-corrected chi connectivity index (χ4v) is 4.59. The molecule has 2 N–H and O–H groups in total. The van der Waals surface area contributed by atoms with E-state index in [-0.39, 0.29) is 11.9 Å². The average Bonchev–Trinajstić information content (AvgIpc) is 3.06. The molecule has 1 aliphatic heterocycles. The predicted molar refractivity (Wildman–Crippen MR) is 94.0 cm³/mol. The number of nitrogens with zero attached hydrogens (tertiary/aromatic N) is 2. The Hall–Kier alpha value is -1.42. The van der Waals surface area contributed by atoms with Crippen molar-refractivity contribution in [3.8, 4) is 6.07 Å². The molecule has 1 saturated heterocycles. The van der Waals surface area contributed by atoms with Crippen LogP contribution in [0.3, 0.4) is 0 Å². The molecule has 0 atom stereocenters. The van der Waals surface area contributed by atoms with E-state index >= 15 is 0 Å². The second-order valence-corrected chi connectivity index (χ2v) is 8.00. The first-order chi connectivity index (χ1) is 11.6. The predicted octanol–water partition coefficient (Wildman–Crippen LogP) is 2.51. The second kappa shape index (κ2) is 7.64. The molecular formula is C18H25N3O2S. The highest BCUT2D eigenvalue weighted by atomic mass is 32.1. The lowest BCUT2D eigenvalue weighted by Crippen LogP contribution is -2.50. The number of aliphatic hydroxyl groups is 1. The van der Waals surface area contributed by atoms with Crippen LogP contribution in [0, 0.1) is 11.3 Å². The van der Waals surface area contributed by atoms with Gasteiger partial charge in [-0.25, -0.2) is 0 Å². The molecule has 2 heterocycles. The maximum absolute atomic E-state index is 12.3. The van der Waals surface area contributed by atoms with E-state index in [4.69, 9.17) is 5.26 Å². The fourth-order valence-electron chi connectivity index (χ4n) is 3.84. The van der Waals surface area contributed by atoms with E-state index < -0.39 is 5.60 Å². The van der Waals surface area contributed by atoms with Gasteiger partial charge in [0.15, 0.2) is 0 Å². The zero-order chi connectivity index (χ0) is 17.0. The van der Waals surface area contributed by atoms with E-state index in [0.717, 1.165) is 58.2 Å². The molecule has 0 unspecified atom stereocenters. The van der Waals surface area contributed by atoms with Gasteiger partial charge in [0.1, 0.15) is 10.9 Å². The molecular weight excluding hydrogens is 322 g/mol. The van der Waals surface area contributed by atoms with E-state index in [1.165, 1.54) is 17.8 Å². The molecule has 0 spiro atoms. The number of carbonyl (C=O) groups excluding carboxylic acids is 1. The summed E-state index contributed by atoms with van der Waals surface area (Å²) >= 11 is 1.32. The molecule has 2 fully saturated rings. The average molecular weight is 347 g/mol. The lowest BCUT2D eigenvalue weighted by Gasteiger charge is -2.40. The molecule has 3 rings (SSSR count). The van der Waals surface area contributed by atoms with E-state index in [2.05, 4.69) is 16.3 Å². The quantitative estimate of drug-likeness (QED) is 0.877. The Kier molecular flexibility index (Phi) is 5.54. The van der Waals surface area contributed by atoms with Crippen LogP contribution in [0.25, 0.3) is 0 Å². The lowest BCUT2D eigenvalue weighted by molar-refractivity contribution is -0.0312. The van der Waals surface area contributed by atoms with Gasteiger partial charge in [0, 0.05) is 25.7 Å². The van der Waals surface area contributed by atoms with Crippen molar-refractivity contribution in [2.75, 3.05) is 19.6 Å². The first-order valence-electron chi connectivity index (χ1n) is 8.83. The van der Waals surface area contributed by atoms with Crippen molar-refractivity contribution in [2.24, 2.45) is 0 Å². The standard InChI is InChI=1S/C18H25N3O2S/c19-12-14-6-11-24-16(14)17(22)20-15-4-9-21(10-5-15)13-18(23)7-2-1-3-8-18/h6,11,15,23H,1-5,7-10,13H2,(H,20,22). The molecule has 6 heteroatoms. The maximum Gasteiger partial charge on any atom is 0.262 e. The summed E-state index contributed by atoms with van der Waals surface area (Å²) in [7, 11) is 0. The molecule has 5 nitrogen and oxygen atoms in total. The molecule has 1 aromatic heterocycles. The third-order valence-electron chi connectivity index (χ3n) is 5.22. The zero-order valence-corrected chi connectivity index (χ0v) is 14.8. The topological polar surface area (TPSA) is 76.4 Å². The monoisotopic (exact) mass is 347 g/mol. The van der Waals surface area contributed by atoms with Crippen LogP contribution in [0.4, 0.5) is 0 Å². The Bertz CT molecular complexity index is 608. The molecule has 1 aliphatic carbocycles. The van der Waals surface area contributed by atoms with Gasteiger partial charge >= 0.3 is 0 Å². The van der Waals surface area contributed by atoms with Crippen LogP contribution < -0.4 is 5.32 Å². The number of nitrogens with one attached hydrogen (secondary N) is 1. The molecule has 2 aliphatic rings. The Morgan fingerprint density at radius 3 is 2.75 bits per heavy atom. The number of rotatable bonds is 4. The molecule has 1 saturated carbocycles. The summed E-state index contributed by atoms with van der Waals surface area (Å²) in [5.74, 6) is -0.133. The number of thiophene rings is 1. The van der Waals surface area contributed by atoms with Gasteiger partial charge in [-0.15, -0.1) is 11.3 Å². The van der Waals surface area contributed by atoms with Crippen molar-refractivity contribution >= 4 is 17.2 Å². The molecule has 1 aromatic rings. The van der Waals surface area contributed by atoms with Crippen molar-refractivity contribution < 1.29 is 9.90 Å². The molecule has 130 valence electrons. The van der Waals surface area contributed by atoms with Crippen LogP contribution in [-0.2, 0) is 0 Å². The van der Waals surface area contributed by atoms with Gasteiger partial charge < -0.3 is 15.3 Å². The summed E-state index contributed by atoms with van der Waals surface area (Å²) in [6.45, 7) is 2.57. The van der Waals surface area contributed by atoms with E-state index in [1.807, 2.05) is 0 Å². The molecule has 0 bridgehead atoms. The third kappa shape index (κ3) is 4.15. The summed E-state index contributed by atoms with van der Waals surface area (Å²) in [4.78, 5) is 15.1. The zero-order valence-electron chi connectivity index (χ0n) is 14.0. The fraction of sp³-hybridized carbons (Fsp3) is 0.667. The Labute approximate surface area is 147 Å². The van der Waals surface area contributed by atoms with Gasteiger partial charge in [-0.3, -0.25) is 4.79 Å². The first kappa shape index (κ1) is 17.4. The minimum atomic E-state index is -0.507. The van der Waals surface area contributed by atoms with Crippen molar-refractivity contribution in [3.05, 3.63) is 21.9 Å². The molecule has 24 heavy (non-hydrogen) atoms. The molecule has 0 radical (unpaired) electrons. The number of amides is 1. The Morgan fingerprint density at radius 1 is 1.38 bits per heavy atom. The lowest BCUT2D eigenvalue weighted by atomic mass is 9.84. The van der Waals surface area contributed by atoms with Crippen LogP contribution in [0.5, 0.6) is 0 Å². The summed E-state index contributed by atoms with van der Waals surface area (Å²) in [5, 5.41) is 24.5. The van der Waals surface area contributed by atoms with Crippen molar-refractivity contribution in [2.45, 2.75) is 56.6 Å². The minimum Gasteiger partial charge on any atom is -0.389 e. The van der Waals surface area contributed by atoms with Crippen LogP contribution in [-0.4, -0.2) is 47.2 Å². The van der Waals surface area contributed by atoms with E-state index in [0.29, 0.717) is 10.4 Å². The van der Waals surface area contributed by atoms with Gasteiger partial charge in [0.2, 0.25) is 0 Å². The summed E-state index contributed by atoms with van der Waals surface area (Å²) in [5.41, 5.74) is -0.0537. The van der Waals surface area contributed by atoms with Gasteiger partial charge in [-0.1, -0.05) is 19.3 Å². The maximum atomic E-state index is 12.3. The third-order valence-corrected chi connectivity index (χ3v) is 6.13. The van der Waals surface area contributed by atoms with Crippen LogP contribution in [0.2, 0.25) is 0 Å². The SMILES string of the molecule is N#Cc1ccsc1C(=O)NC1CCN(CC2(O)CCCCC2)CC1. The molecule has 1 amide bonds. The minimum absolute atomic E-state index is 0.133. The number of piperidine rings is 1. The van der Waals surface area contributed by atoms with Crippen molar-refractivity contribution in [1.82, 2.24) is 10.2 Å². The van der Waals surface area contributed by atoms with Crippen LogP contribution in [0.1, 0.15) is 60.2 Å². The Morgan fingerprint density at radius 2 is 2.08 bits per heavy atom. The highest BCUT2D eigenvalue weighted by Gasteiger charge is 2.33. The number of nitriles is 1. The summed E-state index contributed by atoms with van der Waals surface area (Å²) in [6, 6.07) is 3.91.